The molecule has 3 rings (SSSR count). The molecule has 0 atom stereocenters. The third-order valence-corrected chi connectivity index (χ3v) is 4.05. The van der Waals surface area contributed by atoms with E-state index in [4.69, 9.17) is 0 Å². The van der Waals surface area contributed by atoms with Gasteiger partial charge in [-0.25, -0.2) is 4.98 Å². The zero-order valence-corrected chi connectivity index (χ0v) is 11.9. The quantitative estimate of drug-likeness (QED) is 0.785. The molecular weight excluding hydrogens is 268 g/mol. The van der Waals surface area contributed by atoms with E-state index in [2.05, 4.69) is 29.4 Å². The van der Waals surface area contributed by atoms with Crippen LogP contribution in [-0.4, -0.2) is 10.9 Å². The van der Waals surface area contributed by atoms with Crippen molar-refractivity contribution in [2.75, 3.05) is 5.32 Å². The minimum Gasteiger partial charge on any atom is -0.298 e. The molecule has 4 heteroatoms. The van der Waals surface area contributed by atoms with E-state index < -0.39 is 0 Å². The lowest BCUT2D eigenvalue weighted by molar-refractivity contribution is 0.102. The molecule has 0 aliphatic carbocycles. The number of rotatable bonds is 3. The third kappa shape index (κ3) is 2.56. The normalized spacial score (nSPS) is 10.7. The number of anilines is 1. The Labute approximate surface area is 121 Å². The SMILES string of the molecule is CCc1ccc2nc(NC(=O)c3ccccc3)sc2c1. The van der Waals surface area contributed by atoms with Crippen LogP contribution in [0.3, 0.4) is 0 Å². The molecule has 3 aromatic rings. The van der Waals surface area contributed by atoms with Gasteiger partial charge in [0.2, 0.25) is 0 Å². The summed E-state index contributed by atoms with van der Waals surface area (Å²) in [6.45, 7) is 2.13. The van der Waals surface area contributed by atoms with E-state index in [1.807, 2.05) is 24.3 Å². The Morgan fingerprint density at radius 2 is 2.00 bits per heavy atom. The van der Waals surface area contributed by atoms with Crippen molar-refractivity contribution in [1.29, 1.82) is 0 Å². The molecule has 1 amide bonds. The number of fused-ring (bicyclic) bond motifs is 1. The summed E-state index contributed by atoms with van der Waals surface area (Å²) in [5.41, 5.74) is 2.85. The van der Waals surface area contributed by atoms with Gasteiger partial charge in [0.1, 0.15) is 0 Å². The van der Waals surface area contributed by atoms with Crippen LogP contribution in [0.4, 0.5) is 5.13 Å². The molecule has 20 heavy (non-hydrogen) atoms. The predicted octanol–water partition coefficient (Wildman–Crippen LogP) is 4.11. The Morgan fingerprint density at radius 3 is 2.75 bits per heavy atom. The van der Waals surface area contributed by atoms with E-state index in [1.54, 1.807) is 12.1 Å². The van der Waals surface area contributed by atoms with E-state index in [9.17, 15) is 4.79 Å². The Bertz CT molecular complexity index is 750. The first-order valence-corrected chi connectivity index (χ1v) is 7.34. The lowest BCUT2D eigenvalue weighted by atomic mass is 10.2. The number of nitrogens with zero attached hydrogens (tertiary/aromatic N) is 1. The maximum Gasteiger partial charge on any atom is 0.257 e. The van der Waals surface area contributed by atoms with Gasteiger partial charge in [-0.2, -0.15) is 0 Å². The highest BCUT2D eigenvalue weighted by molar-refractivity contribution is 7.22. The number of carbonyl (C=O) groups is 1. The standard InChI is InChI=1S/C16H14N2OS/c1-2-11-8-9-13-14(10-11)20-16(17-13)18-15(19)12-6-4-3-5-7-12/h3-10H,2H2,1H3,(H,17,18,19). The molecule has 3 nitrogen and oxygen atoms in total. The average Bonchev–Trinajstić information content (AvgIpc) is 2.89. The maximum absolute atomic E-state index is 12.1. The third-order valence-electron chi connectivity index (χ3n) is 3.12. The predicted molar refractivity (Wildman–Crippen MR) is 83.4 cm³/mol. The van der Waals surface area contributed by atoms with Crippen molar-refractivity contribution in [3.05, 3.63) is 59.7 Å². The fourth-order valence-electron chi connectivity index (χ4n) is 2.00. The molecule has 0 aliphatic heterocycles. The van der Waals surface area contributed by atoms with Crippen molar-refractivity contribution in [2.45, 2.75) is 13.3 Å². The number of carbonyl (C=O) groups excluding carboxylic acids is 1. The highest BCUT2D eigenvalue weighted by Crippen LogP contribution is 2.27. The van der Waals surface area contributed by atoms with Crippen LogP contribution in [0.5, 0.6) is 0 Å². The molecule has 1 aromatic heterocycles. The van der Waals surface area contributed by atoms with Crippen LogP contribution in [0.15, 0.2) is 48.5 Å². The van der Waals surface area contributed by atoms with Gasteiger partial charge in [0.15, 0.2) is 5.13 Å². The molecule has 0 unspecified atom stereocenters. The first-order valence-electron chi connectivity index (χ1n) is 6.52. The number of nitrogens with one attached hydrogen (secondary N) is 1. The van der Waals surface area contributed by atoms with Crippen molar-refractivity contribution in [2.24, 2.45) is 0 Å². The zero-order chi connectivity index (χ0) is 13.9. The monoisotopic (exact) mass is 282 g/mol. The van der Waals surface area contributed by atoms with Crippen LogP contribution in [-0.2, 0) is 6.42 Å². The van der Waals surface area contributed by atoms with Crippen molar-refractivity contribution in [1.82, 2.24) is 4.98 Å². The lowest BCUT2D eigenvalue weighted by Crippen LogP contribution is -2.11. The summed E-state index contributed by atoms with van der Waals surface area (Å²) in [5, 5.41) is 3.49. The van der Waals surface area contributed by atoms with Crippen molar-refractivity contribution >= 4 is 32.6 Å². The number of aryl methyl sites for hydroxylation is 1. The maximum atomic E-state index is 12.1. The van der Waals surface area contributed by atoms with Crippen molar-refractivity contribution < 1.29 is 4.79 Å². The van der Waals surface area contributed by atoms with E-state index >= 15 is 0 Å². The van der Waals surface area contributed by atoms with Gasteiger partial charge < -0.3 is 0 Å². The second-order valence-electron chi connectivity index (χ2n) is 4.49. The Hall–Kier alpha value is -2.20. The molecule has 1 N–H and O–H groups in total. The first kappa shape index (κ1) is 12.8. The second-order valence-corrected chi connectivity index (χ2v) is 5.53. The van der Waals surface area contributed by atoms with Gasteiger partial charge in [-0.15, -0.1) is 0 Å². The van der Waals surface area contributed by atoms with Crippen LogP contribution >= 0.6 is 11.3 Å². The highest BCUT2D eigenvalue weighted by Gasteiger charge is 2.09. The summed E-state index contributed by atoms with van der Waals surface area (Å²) in [4.78, 5) is 16.5. The van der Waals surface area contributed by atoms with E-state index in [0.717, 1.165) is 16.6 Å². The lowest BCUT2D eigenvalue weighted by Gasteiger charge is -2.00. The Balaban J connectivity index is 1.86. The number of hydrogen-bond donors (Lipinski definition) is 1. The smallest absolute Gasteiger partial charge is 0.257 e. The second kappa shape index (κ2) is 5.43. The summed E-state index contributed by atoms with van der Waals surface area (Å²) in [6.07, 6.45) is 1.000. The van der Waals surface area contributed by atoms with Gasteiger partial charge in [0, 0.05) is 5.56 Å². The average molecular weight is 282 g/mol. The number of aromatic nitrogens is 1. The largest absolute Gasteiger partial charge is 0.298 e. The molecule has 2 aromatic carbocycles. The minimum absolute atomic E-state index is 0.125. The number of thiazole rings is 1. The molecule has 0 spiro atoms. The van der Waals surface area contributed by atoms with Gasteiger partial charge in [0.25, 0.3) is 5.91 Å². The van der Waals surface area contributed by atoms with E-state index in [1.165, 1.54) is 16.9 Å². The van der Waals surface area contributed by atoms with Crippen LogP contribution in [0.1, 0.15) is 22.8 Å². The molecular formula is C16H14N2OS. The van der Waals surface area contributed by atoms with Gasteiger partial charge >= 0.3 is 0 Å². The summed E-state index contributed by atoms with van der Waals surface area (Å²) in [7, 11) is 0. The zero-order valence-electron chi connectivity index (χ0n) is 11.1. The molecule has 0 bridgehead atoms. The summed E-state index contributed by atoms with van der Waals surface area (Å²) >= 11 is 1.51. The Kier molecular flexibility index (Phi) is 3.48. The highest BCUT2D eigenvalue weighted by atomic mass is 32.1. The van der Waals surface area contributed by atoms with Crippen molar-refractivity contribution in [3.63, 3.8) is 0 Å². The van der Waals surface area contributed by atoms with Gasteiger partial charge in [-0.3, -0.25) is 10.1 Å². The summed E-state index contributed by atoms with van der Waals surface area (Å²) in [6, 6.07) is 15.4. The van der Waals surface area contributed by atoms with Crippen LogP contribution in [0.2, 0.25) is 0 Å². The van der Waals surface area contributed by atoms with E-state index in [0.29, 0.717) is 10.7 Å². The van der Waals surface area contributed by atoms with Gasteiger partial charge in [0.05, 0.1) is 10.2 Å². The van der Waals surface area contributed by atoms with Crippen LogP contribution in [0, 0.1) is 0 Å². The first-order chi connectivity index (χ1) is 9.76. The van der Waals surface area contributed by atoms with E-state index in [-0.39, 0.29) is 5.91 Å². The van der Waals surface area contributed by atoms with Gasteiger partial charge in [-0.05, 0) is 36.2 Å². The fourth-order valence-corrected chi connectivity index (χ4v) is 2.93. The molecule has 1 heterocycles. The number of hydrogen-bond acceptors (Lipinski definition) is 3. The van der Waals surface area contributed by atoms with Gasteiger partial charge in [-0.1, -0.05) is 42.5 Å². The van der Waals surface area contributed by atoms with Crippen LogP contribution in [0.25, 0.3) is 10.2 Å². The molecule has 0 saturated heterocycles. The summed E-state index contributed by atoms with van der Waals surface area (Å²) in [5.74, 6) is -0.125. The minimum atomic E-state index is -0.125. The fraction of sp³-hybridized carbons (Fsp3) is 0.125. The molecule has 0 fully saturated rings. The van der Waals surface area contributed by atoms with Crippen LogP contribution < -0.4 is 5.32 Å². The Morgan fingerprint density at radius 1 is 1.20 bits per heavy atom. The molecule has 0 saturated carbocycles. The number of amides is 1. The number of benzene rings is 2. The van der Waals surface area contributed by atoms with Crippen molar-refractivity contribution in [3.8, 4) is 0 Å². The molecule has 0 aliphatic rings. The summed E-state index contributed by atoms with van der Waals surface area (Å²) < 4.78 is 1.10. The topological polar surface area (TPSA) is 42.0 Å². The molecule has 0 radical (unpaired) electrons. The molecule has 100 valence electrons.